The number of hydrogen-bond acceptors (Lipinski definition) is 3. The highest BCUT2D eigenvalue weighted by molar-refractivity contribution is 9.10. The van der Waals surface area contributed by atoms with Crippen LogP contribution in [0.2, 0.25) is 0 Å². The summed E-state index contributed by atoms with van der Waals surface area (Å²) in [6.45, 7) is 4.18. The lowest BCUT2D eigenvalue weighted by Gasteiger charge is -2.19. The molecule has 1 saturated heterocycles. The fraction of sp³-hybridized carbons (Fsp3) is 0.533. The highest BCUT2D eigenvalue weighted by atomic mass is 79.9. The Labute approximate surface area is 140 Å². The van der Waals surface area contributed by atoms with Crippen LogP contribution in [-0.2, 0) is 4.79 Å². The van der Waals surface area contributed by atoms with Gasteiger partial charge < -0.3 is 15.0 Å². The smallest absolute Gasteiger partial charge is 0.222 e. The van der Waals surface area contributed by atoms with Gasteiger partial charge in [-0.25, -0.2) is 0 Å². The molecule has 0 saturated carbocycles. The number of benzene rings is 1. The van der Waals surface area contributed by atoms with Crippen LogP contribution in [0.4, 0.5) is 0 Å². The molecular weight excluding hydrogens is 356 g/mol. The summed E-state index contributed by atoms with van der Waals surface area (Å²) in [5.41, 5.74) is 0. The summed E-state index contributed by atoms with van der Waals surface area (Å²) >= 11 is 3.44. The Morgan fingerprint density at radius 3 is 2.90 bits per heavy atom. The predicted octanol–water partition coefficient (Wildman–Crippen LogP) is 2.85. The fourth-order valence-corrected chi connectivity index (χ4v) is 2.62. The third-order valence-electron chi connectivity index (χ3n) is 3.32. The lowest BCUT2D eigenvalue weighted by Crippen LogP contribution is -2.34. The Morgan fingerprint density at radius 2 is 2.10 bits per heavy atom. The molecule has 1 fully saturated rings. The van der Waals surface area contributed by atoms with E-state index in [1.807, 2.05) is 29.2 Å². The summed E-state index contributed by atoms with van der Waals surface area (Å²) in [5, 5.41) is 3.30. The topological polar surface area (TPSA) is 41.6 Å². The molecule has 0 spiro atoms. The van der Waals surface area contributed by atoms with E-state index < -0.39 is 0 Å². The molecule has 1 aromatic rings. The second-order valence-electron chi connectivity index (χ2n) is 4.87. The number of amides is 1. The lowest BCUT2D eigenvalue weighted by atomic mass is 10.2. The number of nitrogens with zero attached hydrogens (tertiary/aromatic N) is 1. The van der Waals surface area contributed by atoms with Crippen LogP contribution in [-0.4, -0.2) is 43.6 Å². The molecule has 0 radical (unpaired) electrons. The normalized spacial score (nSPS) is 15.0. The zero-order chi connectivity index (χ0) is 14.2. The van der Waals surface area contributed by atoms with E-state index in [0.717, 1.165) is 49.2 Å². The monoisotopic (exact) mass is 376 g/mol. The maximum Gasteiger partial charge on any atom is 0.222 e. The van der Waals surface area contributed by atoms with Gasteiger partial charge >= 0.3 is 0 Å². The molecule has 1 aliphatic heterocycles. The molecule has 4 nitrogen and oxygen atoms in total. The number of hydrogen-bond donors (Lipinski definition) is 1. The molecule has 2 rings (SSSR count). The van der Waals surface area contributed by atoms with E-state index in [1.54, 1.807) is 0 Å². The molecule has 0 aliphatic carbocycles. The number of rotatable bonds is 5. The van der Waals surface area contributed by atoms with Gasteiger partial charge in [0.25, 0.3) is 0 Å². The number of nitrogens with one attached hydrogen (secondary N) is 1. The van der Waals surface area contributed by atoms with E-state index in [9.17, 15) is 4.79 Å². The molecule has 0 bridgehead atoms. The summed E-state index contributed by atoms with van der Waals surface area (Å²) in [7, 11) is 0. The molecule has 21 heavy (non-hydrogen) atoms. The van der Waals surface area contributed by atoms with Crippen LogP contribution in [0.3, 0.4) is 0 Å². The van der Waals surface area contributed by atoms with Crippen molar-refractivity contribution in [3.8, 4) is 5.75 Å². The maximum absolute atomic E-state index is 12.1. The van der Waals surface area contributed by atoms with Crippen molar-refractivity contribution >= 4 is 34.2 Å². The number of carbonyl (C=O) groups is 1. The molecule has 1 N–H and O–H groups in total. The van der Waals surface area contributed by atoms with Crippen LogP contribution in [0, 0.1) is 0 Å². The lowest BCUT2D eigenvalue weighted by molar-refractivity contribution is -0.131. The van der Waals surface area contributed by atoms with Crippen LogP contribution < -0.4 is 10.1 Å². The Kier molecular flexibility index (Phi) is 8.73. The Morgan fingerprint density at radius 1 is 1.29 bits per heavy atom. The Hall–Kier alpha value is -0.780. The van der Waals surface area contributed by atoms with Gasteiger partial charge in [-0.2, -0.15) is 0 Å². The maximum atomic E-state index is 12.1. The average Bonchev–Trinajstić information content (AvgIpc) is 2.74. The SMILES string of the molecule is Cl.O=C(CCCOc1ccccc1Br)N1CCCNCC1. The molecule has 0 atom stereocenters. The van der Waals surface area contributed by atoms with Crippen molar-refractivity contribution in [2.45, 2.75) is 19.3 Å². The summed E-state index contributed by atoms with van der Waals surface area (Å²) < 4.78 is 6.62. The van der Waals surface area contributed by atoms with E-state index in [-0.39, 0.29) is 18.3 Å². The van der Waals surface area contributed by atoms with Gasteiger partial charge in [0.2, 0.25) is 5.91 Å². The van der Waals surface area contributed by atoms with Crippen LogP contribution in [0.5, 0.6) is 5.75 Å². The number of carbonyl (C=O) groups excluding carboxylic acids is 1. The minimum atomic E-state index is 0. The van der Waals surface area contributed by atoms with E-state index in [4.69, 9.17) is 4.74 Å². The molecule has 118 valence electrons. The Balaban J connectivity index is 0.00000220. The minimum Gasteiger partial charge on any atom is -0.492 e. The zero-order valence-corrected chi connectivity index (χ0v) is 14.4. The van der Waals surface area contributed by atoms with Crippen LogP contribution >= 0.6 is 28.3 Å². The van der Waals surface area contributed by atoms with Gasteiger partial charge in [0, 0.05) is 26.1 Å². The number of halogens is 2. The molecule has 6 heteroatoms. The van der Waals surface area contributed by atoms with Gasteiger partial charge in [-0.15, -0.1) is 12.4 Å². The highest BCUT2D eigenvalue weighted by Gasteiger charge is 2.14. The first kappa shape index (κ1) is 18.3. The molecular formula is C15H22BrClN2O2. The summed E-state index contributed by atoms with van der Waals surface area (Å²) in [5.74, 6) is 1.07. The summed E-state index contributed by atoms with van der Waals surface area (Å²) in [6.07, 6.45) is 2.35. The Bertz CT molecular complexity index is 437. The van der Waals surface area contributed by atoms with Crippen molar-refractivity contribution in [3.05, 3.63) is 28.7 Å². The molecule has 1 amide bonds. The van der Waals surface area contributed by atoms with Crippen molar-refractivity contribution in [3.63, 3.8) is 0 Å². The molecule has 0 aromatic heterocycles. The van der Waals surface area contributed by atoms with Crippen LogP contribution in [0.1, 0.15) is 19.3 Å². The van der Waals surface area contributed by atoms with Gasteiger partial charge in [-0.05, 0) is 47.4 Å². The van der Waals surface area contributed by atoms with Crippen molar-refractivity contribution in [1.82, 2.24) is 10.2 Å². The number of ether oxygens (including phenoxy) is 1. The second-order valence-corrected chi connectivity index (χ2v) is 5.72. The molecule has 1 heterocycles. The van der Waals surface area contributed by atoms with Crippen molar-refractivity contribution in [1.29, 1.82) is 0 Å². The average molecular weight is 378 g/mol. The van der Waals surface area contributed by atoms with E-state index >= 15 is 0 Å². The first-order valence-electron chi connectivity index (χ1n) is 7.13. The van der Waals surface area contributed by atoms with Crippen molar-refractivity contribution in [2.24, 2.45) is 0 Å². The standard InChI is InChI=1S/C15H21BrN2O2.ClH/c16-13-5-1-2-6-14(13)20-12-3-7-15(19)18-10-4-8-17-9-11-18;/h1-2,5-6,17H,3-4,7-12H2;1H. The van der Waals surface area contributed by atoms with E-state index in [0.29, 0.717) is 13.0 Å². The fourth-order valence-electron chi connectivity index (χ4n) is 2.22. The van der Waals surface area contributed by atoms with Gasteiger partial charge in [0.1, 0.15) is 5.75 Å². The van der Waals surface area contributed by atoms with Gasteiger partial charge in [-0.1, -0.05) is 12.1 Å². The highest BCUT2D eigenvalue weighted by Crippen LogP contribution is 2.23. The van der Waals surface area contributed by atoms with Crippen molar-refractivity contribution < 1.29 is 9.53 Å². The van der Waals surface area contributed by atoms with Crippen LogP contribution in [0.15, 0.2) is 28.7 Å². The second kappa shape index (κ2) is 10.0. The first-order chi connectivity index (χ1) is 9.77. The molecule has 0 unspecified atom stereocenters. The third-order valence-corrected chi connectivity index (χ3v) is 3.98. The van der Waals surface area contributed by atoms with Crippen LogP contribution in [0.25, 0.3) is 0 Å². The number of para-hydroxylation sites is 1. The molecule has 1 aliphatic rings. The van der Waals surface area contributed by atoms with Gasteiger partial charge in [0.15, 0.2) is 0 Å². The van der Waals surface area contributed by atoms with Crippen molar-refractivity contribution in [2.75, 3.05) is 32.8 Å². The summed E-state index contributed by atoms with van der Waals surface area (Å²) in [4.78, 5) is 14.0. The van der Waals surface area contributed by atoms with Gasteiger partial charge in [0.05, 0.1) is 11.1 Å². The largest absolute Gasteiger partial charge is 0.492 e. The van der Waals surface area contributed by atoms with E-state index in [2.05, 4.69) is 21.2 Å². The van der Waals surface area contributed by atoms with E-state index in [1.165, 1.54) is 0 Å². The third kappa shape index (κ3) is 6.24. The predicted molar refractivity (Wildman–Crippen MR) is 90.2 cm³/mol. The minimum absolute atomic E-state index is 0. The molecule has 1 aromatic carbocycles. The summed E-state index contributed by atoms with van der Waals surface area (Å²) in [6, 6.07) is 7.76. The van der Waals surface area contributed by atoms with Gasteiger partial charge in [-0.3, -0.25) is 4.79 Å². The quantitative estimate of drug-likeness (QED) is 0.802. The zero-order valence-electron chi connectivity index (χ0n) is 12.0. The first-order valence-corrected chi connectivity index (χ1v) is 7.92.